The molecule has 0 aromatic heterocycles. The Bertz CT molecular complexity index is 446. The van der Waals surface area contributed by atoms with Crippen LogP contribution in [0.4, 0.5) is 4.79 Å². The molecule has 0 aliphatic carbocycles. The van der Waals surface area contributed by atoms with E-state index in [1.807, 2.05) is 0 Å². The highest BCUT2D eigenvalue weighted by molar-refractivity contribution is 6.04. The second-order valence-corrected chi connectivity index (χ2v) is 5.44. The second-order valence-electron chi connectivity index (χ2n) is 5.44. The topological polar surface area (TPSA) is 107 Å². The zero-order valence-corrected chi connectivity index (χ0v) is 11.8. The molecule has 0 saturated carbocycles. The summed E-state index contributed by atoms with van der Waals surface area (Å²) in [7, 11) is 1.48. The molecule has 1 heterocycles. The Kier molecular flexibility index (Phi) is 4.69. The summed E-state index contributed by atoms with van der Waals surface area (Å²) < 4.78 is 0. The van der Waals surface area contributed by atoms with Crippen molar-refractivity contribution in [1.82, 2.24) is 15.1 Å². The summed E-state index contributed by atoms with van der Waals surface area (Å²) in [6, 6.07) is -0.506. The van der Waals surface area contributed by atoms with E-state index in [4.69, 9.17) is 5.11 Å². The van der Waals surface area contributed by atoms with Gasteiger partial charge in [-0.15, -0.1) is 0 Å². The number of carbonyl (C=O) groups is 4. The van der Waals surface area contributed by atoms with Gasteiger partial charge in [0.1, 0.15) is 13.1 Å². The molecule has 8 nitrogen and oxygen atoms in total. The zero-order valence-electron chi connectivity index (χ0n) is 11.8. The first-order valence-electron chi connectivity index (χ1n) is 6.20. The van der Waals surface area contributed by atoms with Gasteiger partial charge in [-0.05, 0) is 20.3 Å². The molecule has 1 saturated heterocycles. The SMILES string of the molecule is CN1CC(=O)N(CC(=O)NC(C)(C)CCC(=O)O)C1=O. The third kappa shape index (κ3) is 4.22. The van der Waals surface area contributed by atoms with Crippen LogP contribution >= 0.6 is 0 Å². The molecule has 8 heteroatoms. The first-order valence-corrected chi connectivity index (χ1v) is 6.20. The Morgan fingerprint density at radius 2 is 1.95 bits per heavy atom. The number of amides is 4. The molecule has 4 amide bonds. The van der Waals surface area contributed by atoms with Gasteiger partial charge in [0.15, 0.2) is 0 Å². The van der Waals surface area contributed by atoms with Crippen LogP contribution < -0.4 is 5.32 Å². The quantitative estimate of drug-likeness (QED) is 0.648. The van der Waals surface area contributed by atoms with Gasteiger partial charge in [-0.1, -0.05) is 0 Å². The molecule has 0 bridgehead atoms. The van der Waals surface area contributed by atoms with Crippen LogP contribution in [0.25, 0.3) is 0 Å². The van der Waals surface area contributed by atoms with Gasteiger partial charge in [0, 0.05) is 19.0 Å². The van der Waals surface area contributed by atoms with Crippen LogP contribution in [0.3, 0.4) is 0 Å². The number of hydrogen-bond acceptors (Lipinski definition) is 4. The number of carbonyl (C=O) groups excluding carboxylic acids is 3. The van der Waals surface area contributed by atoms with Gasteiger partial charge in [-0.3, -0.25) is 19.3 Å². The maximum Gasteiger partial charge on any atom is 0.327 e. The summed E-state index contributed by atoms with van der Waals surface area (Å²) >= 11 is 0. The molecule has 2 N–H and O–H groups in total. The highest BCUT2D eigenvalue weighted by Crippen LogP contribution is 2.12. The number of carboxylic acid groups (broad SMARTS) is 1. The first-order chi connectivity index (χ1) is 9.12. The van der Waals surface area contributed by atoms with Crippen LogP contribution in [0.5, 0.6) is 0 Å². The lowest BCUT2D eigenvalue weighted by Crippen LogP contribution is -2.49. The smallest absolute Gasteiger partial charge is 0.327 e. The average Bonchev–Trinajstić information content (AvgIpc) is 2.53. The van der Waals surface area contributed by atoms with Gasteiger partial charge in [0.25, 0.3) is 5.91 Å². The predicted octanol–water partition coefficient (Wildman–Crippen LogP) is -0.360. The van der Waals surface area contributed by atoms with Crippen molar-refractivity contribution in [2.45, 2.75) is 32.2 Å². The summed E-state index contributed by atoms with van der Waals surface area (Å²) in [6.07, 6.45) is 0.188. The maximum atomic E-state index is 11.8. The van der Waals surface area contributed by atoms with E-state index in [2.05, 4.69) is 5.32 Å². The van der Waals surface area contributed by atoms with Gasteiger partial charge >= 0.3 is 12.0 Å². The van der Waals surface area contributed by atoms with Crippen LogP contribution in [0.15, 0.2) is 0 Å². The lowest BCUT2D eigenvalue weighted by atomic mass is 9.98. The molecule has 1 aliphatic rings. The molecular weight excluding hydrogens is 266 g/mol. The molecule has 1 fully saturated rings. The van der Waals surface area contributed by atoms with Gasteiger partial charge in [0.2, 0.25) is 5.91 Å². The number of aliphatic carboxylic acids is 1. The van der Waals surface area contributed by atoms with Crippen molar-refractivity contribution in [3.05, 3.63) is 0 Å². The standard InChI is InChI=1S/C12H19N3O5/c1-12(2,5-4-10(18)19)13-8(16)6-15-9(17)7-14(3)11(15)20/h4-7H2,1-3H3,(H,13,16)(H,18,19). The largest absolute Gasteiger partial charge is 0.481 e. The number of likely N-dealkylation sites (N-methyl/N-ethyl adjacent to an activating group) is 1. The summed E-state index contributed by atoms with van der Waals surface area (Å²) in [5, 5.41) is 11.3. The minimum absolute atomic E-state index is 0.0332. The van der Waals surface area contributed by atoms with Crippen LogP contribution in [0.2, 0.25) is 0 Å². The number of hydrogen-bond donors (Lipinski definition) is 2. The van der Waals surface area contributed by atoms with E-state index in [1.54, 1.807) is 13.8 Å². The number of imide groups is 1. The molecule has 112 valence electrons. The van der Waals surface area contributed by atoms with Crippen molar-refractivity contribution < 1.29 is 24.3 Å². The summed E-state index contributed by atoms with van der Waals surface area (Å²) in [6.45, 7) is 2.99. The van der Waals surface area contributed by atoms with E-state index in [0.717, 1.165) is 4.90 Å². The zero-order chi connectivity index (χ0) is 15.5. The third-order valence-corrected chi connectivity index (χ3v) is 2.97. The van der Waals surface area contributed by atoms with Gasteiger partial charge < -0.3 is 15.3 Å². The molecule has 0 aromatic rings. The minimum Gasteiger partial charge on any atom is -0.481 e. The van der Waals surface area contributed by atoms with E-state index in [1.165, 1.54) is 11.9 Å². The number of nitrogens with one attached hydrogen (secondary N) is 1. The number of rotatable bonds is 6. The van der Waals surface area contributed by atoms with Crippen molar-refractivity contribution in [3.63, 3.8) is 0 Å². The maximum absolute atomic E-state index is 11.8. The van der Waals surface area contributed by atoms with E-state index in [0.29, 0.717) is 0 Å². The molecule has 1 rings (SSSR count). The van der Waals surface area contributed by atoms with Gasteiger partial charge in [0.05, 0.1) is 0 Å². The molecule has 0 atom stereocenters. The first kappa shape index (κ1) is 15.9. The van der Waals surface area contributed by atoms with Crippen molar-refractivity contribution in [2.24, 2.45) is 0 Å². The highest BCUT2D eigenvalue weighted by Gasteiger charge is 2.35. The highest BCUT2D eigenvalue weighted by atomic mass is 16.4. The predicted molar refractivity (Wildman–Crippen MR) is 68.8 cm³/mol. The van der Waals surface area contributed by atoms with E-state index >= 15 is 0 Å². The fourth-order valence-electron chi connectivity index (χ4n) is 1.87. The monoisotopic (exact) mass is 285 g/mol. The van der Waals surface area contributed by atoms with Crippen LogP contribution in [0, 0.1) is 0 Å². The lowest BCUT2D eigenvalue weighted by Gasteiger charge is -2.26. The summed E-state index contributed by atoms with van der Waals surface area (Å²) in [5.41, 5.74) is -0.715. The van der Waals surface area contributed by atoms with Crippen LogP contribution in [-0.4, -0.2) is 64.4 Å². The number of urea groups is 1. The molecule has 0 spiro atoms. The van der Waals surface area contributed by atoms with Crippen LogP contribution in [-0.2, 0) is 14.4 Å². The van der Waals surface area contributed by atoms with E-state index in [-0.39, 0.29) is 25.9 Å². The van der Waals surface area contributed by atoms with Crippen molar-refractivity contribution >= 4 is 23.8 Å². The number of carboxylic acids is 1. The average molecular weight is 285 g/mol. The Morgan fingerprint density at radius 3 is 2.40 bits per heavy atom. The fourth-order valence-corrected chi connectivity index (χ4v) is 1.87. The second kappa shape index (κ2) is 5.89. The molecule has 0 radical (unpaired) electrons. The lowest BCUT2D eigenvalue weighted by molar-refractivity contribution is -0.137. The van der Waals surface area contributed by atoms with E-state index < -0.39 is 29.4 Å². The molecule has 1 aliphatic heterocycles. The Hall–Kier alpha value is -2.12. The number of nitrogens with zero attached hydrogens (tertiary/aromatic N) is 2. The van der Waals surface area contributed by atoms with Crippen LogP contribution in [0.1, 0.15) is 26.7 Å². The van der Waals surface area contributed by atoms with Crippen molar-refractivity contribution in [3.8, 4) is 0 Å². The molecule has 20 heavy (non-hydrogen) atoms. The molecule has 0 aromatic carbocycles. The van der Waals surface area contributed by atoms with Crippen molar-refractivity contribution in [2.75, 3.05) is 20.1 Å². The third-order valence-electron chi connectivity index (χ3n) is 2.97. The van der Waals surface area contributed by atoms with Gasteiger partial charge in [-0.2, -0.15) is 0 Å². The van der Waals surface area contributed by atoms with Crippen molar-refractivity contribution in [1.29, 1.82) is 0 Å². The summed E-state index contributed by atoms with van der Waals surface area (Å²) in [5.74, 6) is -1.85. The molecule has 0 unspecified atom stereocenters. The Balaban J connectivity index is 2.53. The minimum atomic E-state index is -0.946. The Morgan fingerprint density at radius 1 is 1.35 bits per heavy atom. The van der Waals surface area contributed by atoms with E-state index in [9.17, 15) is 19.2 Å². The summed E-state index contributed by atoms with van der Waals surface area (Å²) in [4.78, 5) is 47.6. The fraction of sp³-hybridized carbons (Fsp3) is 0.667. The normalized spacial score (nSPS) is 15.8. The Labute approximate surface area is 116 Å². The van der Waals surface area contributed by atoms with Gasteiger partial charge in [-0.25, -0.2) is 4.79 Å². The molecular formula is C12H19N3O5.